The Balaban J connectivity index is 2.57. The lowest BCUT2D eigenvalue weighted by Gasteiger charge is -2.17. The van der Waals surface area contributed by atoms with Gasteiger partial charge < -0.3 is 15.2 Å². The molecule has 0 atom stereocenters. The van der Waals surface area contributed by atoms with Crippen LogP contribution in [0, 0.1) is 12.7 Å². The van der Waals surface area contributed by atoms with Crippen LogP contribution in [0.4, 0.5) is 17.6 Å². The van der Waals surface area contributed by atoms with E-state index in [1.165, 1.54) is 19.2 Å². The Bertz CT molecular complexity index is 1270. The van der Waals surface area contributed by atoms with Crippen LogP contribution in [0.2, 0.25) is 0 Å². The Morgan fingerprint density at radius 1 is 1.02 bits per heavy atom. The fourth-order valence-electron chi connectivity index (χ4n) is 3.65. The largest absolute Gasteiger partial charge is 0.496 e. The van der Waals surface area contributed by atoms with Crippen LogP contribution in [0.15, 0.2) is 81.8 Å². The number of nitrogens with zero attached hydrogens (tertiary/aromatic N) is 2. The van der Waals surface area contributed by atoms with E-state index in [0.717, 1.165) is 35.4 Å². The zero-order valence-electron chi connectivity index (χ0n) is 23.6. The van der Waals surface area contributed by atoms with Gasteiger partial charge >= 0.3 is 6.18 Å². The molecule has 40 heavy (non-hydrogen) atoms. The molecule has 0 spiro atoms. The fraction of sp³-hybridized carbons (Fsp3) is 0.355. The van der Waals surface area contributed by atoms with E-state index >= 15 is 0 Å². The first kappa shape index (κ1) is 32.3. The van der Waals surface area contributed by atoms with E-state index < -0.39 is 11.9 Å². The van der Waals surface area contributed by atoms with Gasteiger partial charge in [0.1, 0.15) is 23.1 Å². The van der Waals surface area contributed by atoms with Crippen molar-refractivity contribution < 1.29 is 27.4 Å². The van der Waals surface area contributed by atoms with Crippen LogP contribution in [0.1, 0.15) is 57.6 Å². The van der Waals surface area contributed by atoms with Gasteiger partial charge in [-0.25, -0.2) is 4.39 Å². The van der Waals surface area contributed by atoms with Crippen molar-refractivity contribution in [1.29, 1.82) is 0 Å². The van der Waals surface area contributed by atoms with E-state index in [9.17, 15) is 22.7 Å². The Hall–Kier alpha value is -3.88. The second-order valence-corrected chi connectivity index (χ2v) is 9.02. The molecule has 0 aliphatic carbocycles. The van der Waals surface area contributed by atoms with Gasteiger partial charge in [-0.2, -0.15) is 13.2 Å². The number of nitrogens with one attached hydrogen (secondary N) is 1. The van der Waals surface area contributed by atoms with Crippen LogP contribution >= 0.6 is 0 Å². The lowest BCUT2D eigenvalue weighted by molar-refractivity contribution is -0.0925. The molecular formula is C31H37F4N3O2. The minimum absolute atomic E-state index is 0.00909. The summed E-state index contributed by atoms with van der Waals surface area (Å²) in [7, 11) is 1.53. The first-order valence-electron chi connectivity index (χ1n) is 13.2. The number of aliphatic hydroxyl groups is 1. The van der Waals surface area contributed by atoms with Crippen LogP contribution in [-0.4, -0.2) is 37.0 Å². The van der Waals surface area contributed by atoms with Crippen LogP contribution in [-0.2, 0) is 0 Å². The van der Waals surface area contributed by atoms with Crippen LogP contribution in [0.5, 0.6) is 5.75 Å². The molecule has 0 aliphatic rings. The zero-order valence-corrected chi connectivity index (χ0v) is 23.6. The molecule has 0 aliphatic heterocycles. The molecule has 0 unspecified atom stereocenters. The topological polar surface area (TPSA) is 66.2 Å². The molecule has 5 nitrogen and oxygen atoms in total. The predicted octanol–water partition coefficient (Wildman–Crippen LogP) is 8.61. The summed E-state index contributed by atoms with van der Waals surface area (Å²) in [6, 6.07) is 9.66. The van der Waals surface area contributed by atoms with Gasteiger partial charge in [0.2, 0.25) is 0 Å². The number of aliphatic hydroxyl groups excluding tert-OH is 1. The van der Waals surface area contributed by atoms with Crippen LogP contribution < -0.4 is 10.1 Å². The zero-order chi connectivity index (χ0) is 29.7. The molecule has 0 saturated carbocycles. The number of methoxy groups -OCH3 is 1. The lowest BCUT2D eigenvalue weighted by atomic mass is 9.97. The predicted molar refractivity (Wildman–Crippen MR) is 155 cm³/mol. The molecule has 0 fully saturated rings. The van der Waals surface area contributed by atoms with E-state index in [1.54, 1.807) is 38.1 Å². The summed E-state index contributed by atoms with van der Waals surface area (Å²) in [5, 5.41) is 13.5. The molecule has 2 rings (SSSR count). The summed E-state index contributed by atoms with van der Waals surface area (Å²) in [6.07, 6.45) is 3.20. The summed E-state index contributed by atoms with van der Waals surface area (Å²) < 4.78 is 59.3. The maximum absolute atomic E-state index is 13.5. The molecule has 9 heteroatoms. The Labute approximate surface area is 233 Å². The SMILES string of the molecule is C\C=C(/C=N/C(=C/CCC)C(F)(F)F)CN=C(N/C(O)=C/CCC)c1cc(-c2ccc(F)cc2)cc(OC)c1C. The van der Waals surface area contributed by atoms with E-state index in [2.05, 4.69) is 15.3 Å². The number of aliphatic imine (C=N–C) groups is 2. The average Bonchev–Trinajstić information content (AvgIpc) is 2.92. The number of ether oxygens (including phenoxy) is 1. The van der Waals surface area contributed by atoms with Crippen molar-refractivity contribution in [1.82, 2.24) is 5.32 Å². The van der Waals surface area contributed by atoms with Gasteiger partial charge in [0.15, 0.2) is 5.88 Å². The molecule has 2 aromatic carbocycles. The van der Waals surface area contributed by atoms with E-state index in [1.807, 2.05) is 26.0 Å². The van der Waals surface area contributed by atoms with Gasteiger partial charge in [0.05, 0.1) is 13.7 Å². The van der Waals surface area contributed by atoms with Crippen molar-refractivity contribution in [3.05, 3.63) is 88.7 Å². The fourth-order valence-corrected chi connectivity index (χ4v) is 3.65. The van der Waals surface area contributed by atoms with Crippen LogP contribution in [0.3, 0.4) is 0 Å². The quantitative estimate of drug-likeness (QED) is 0.118. The maximum atomic E-state index is 13.5. The lowest BCUT2D eigenvalue weighted by Crippen LogP contribution is -2.25. The Morgan fingerprint density at radius 3 is 2.25 bits per heavy atom. The van der Waals surface area contributed by atoms with Crippen molar-refractivity contribution in [3.63, 3.8) is 0 Å². The van der Waals surface area contributed by atoms with Gasteiger partial charge in [-0.3, -0.25) is 9.98 Å². The van der Waals surface area contributed by atoms with E-state index in [4.69, 9.17) is 4.74 Å². The smallest absolute Gasteiger partial charge is 0.433 e. The number of amidine groups is 1. The monoisotopic (exact) mass is 559 g/mol. The molecule has 2 N–H and O–H groups in total. The first-order valence-corrected chi connectivity index (χ1v) is 13.2. The number of alkyl halides is 3. The third-order valence-electron chi connectivity index (χ3n) is 5.96. The normalized spacial score (nSPS) is 13.7. The number of hydrogen-bond acceptors (Lipinski definition) is 4. The summed E-state index contributed by atoms with van der Waals surface area (Å²) in [4.78, 5) is 8.33. The summed E-state index contributed by atoms with van der Waals surface area (Å²) in [6.45, 7) is 7.28. The molecule has 2 aromatic rings. The van der Waals surface area contributed by atoms with Crippen LogP contribution in [0.25, 0.3) is 11.1 Å². The Kier molecular flexibility index (Phi) is 12.6. The summed E-state index contributed by atoms with van der Waals surface area (Å²) in [5.41, 5.74) is 2.28. The minimum atomic E-state index is -4.56. The second kappa shape index (κ2) is 15.6. The first-order chi connectivity index (χ1) is 19.0. The third kappa shape index (κ3) is 9.70. The number of unbranched alkanes of at least 4 members (excludes halogenated alkanes) is 2. The third-order valence-corrected chi connectivity index (χ3v) is 5.96. The molecule has 0 saturated heterocycles. The van der Waals surface area contributed by atoms with Crippen molar-refractivity contribution in [2.75, 3.05) is 13.7 Å². The van der Waals surface area contributed by atoms with Gasteiger partial charge in [0.25, 0.3) is 0 Å². The number of hydrogen-bond donors (Lipinski definition) is 2. The maximum Gasteiger partial charge on any atom is 0.433 e. The van der Waals surface area contributed by atoms with Gasteiger partial charge in [-0.15, -0.1) is 0 Å². The highest BCUT2D eigenvalue weighted by Gasteiger charge is 2.33. The molecule has 0 radical (unpaired) electrons. The molecule has 0 aromatic heterocycles. The van der Waals surface area contributed by atoms with Gasteiger partial charge in [0, 0.05) is 17.3 Å². The highest BCUT2D eigenvalue weighted by Crippen LogP contribution is 2.31. The van der Waals surface area contributed by atoms with E-state index in [0.29, 0.717) is 29.7 Å². The molecule has 216 valence electrons. The average molecular weight is 560 g/mol. The molecule has 0 heterocycles. The number of benzene rings is 2. The number of halogens is 4. The number of rotatable bonds is 12. The van der Waals surface area contributed by atoms with Gasteiger partial charge in [-0.05, 0) is 73.7 Å². The van der Waals surface area contributed by atoms with Gasteiger partial charge in [-0.1, -0.05) is 51.0 Å². The standard InChI is InChI=1S/C31H37F4N3O2/c1-6-9-11-28(31(33,34)35)36-19-22(8-3)20-37-30(38-29(39)12-10-7-2)26-17-24(18-27(40-5)21(26)4)23-13-15-25(32)16-14-23/h8,11-19,39H,6-7,9-10,20H2,1-5H3,(H,37,38)/b22-8+,28-11+,29-12-,36-19+. The molecular weight excluding hydrogens is 522 g/mol. The molecule has 0 bridgehead atoms. The minimum Gasteiger partial charge on any atom is -0.496 e. The van der Waals surface area contributed by atoms with Crippen molar-refractivity contribution in [3.8, 4) is 16.9 Å². The summed E-state index contributed by atoms with van der Waals surface area (Å²) in [5.74, 6) is 0.363. The second-order valence-electron chi connectivity index (χ2n) is 9.02. The highest BCUT2D eigenvalue weighted by atomic mass is 19.4. The summed E-state index contributed by atoms with van der Waals surface area (Å²) >= 11 is 0. The van der Waals surface area contributed by atoms with E-state index in [-0.39, 0.29) is 30.5 Å². The Morgan fingerprint density at radius 2 is 1.68 bits per heavy atom. The van der Waals surface area contributed by atoms with Crippen molar-refractivity contribution in [2.24, 2.45) is 9.98 Å². The molecule has 0 amide bonds. The highest BCUT2D eigenvalue weighted by molar-refractivity contribution is 6.03. The number of allylic oxidation sites excluding steroid dienone is 4. The van der Waals surface area contributed by atoms with Crippen molar-refractivity contribution in [2.45, 2.75) is 59.6 Å². The van der Waals surface area contributed by atoms with Crippen molar-refractivity contribution >= 4 is 12.1 Å².